The van der Waals surface area contributed by atoms with E-state index in [4.69, 9.17) is 0 Å². The van der Waals surface area contributed by atoms with Gasteiger partial charge in [0.25, 0.3) is 0 Å². The van der Waals surface area contributed by atoms with Gasteiger partial charge in [0.1, 0.15) is 6.54 Å². The van der Waals surface area contributed by atoms with Crippen LogP contribution >= 0.6 is 24.0 Å². The third-order valence-corrected chi connectivity index (χ3v) is 5.84. The molecule has 1 unspecified atom stereocenters. The second-order valence-corrected chi connectivity index (χ2v) is 8.44. The highest BCUT2D eigenvalue weighted by molar-refractivity contribution is 14.0. The molecule has 2 saturated heterocycles. The van der Waals surface area contributed by atoms with Crippen molar-refractivity contribution in [3.8, 4) is 0 Å². The minimum Gasteiger partial charge on any atom is -0.354 e. The second-order valence-electron chi connectivity index (χ2n) is 8.44. The Morgan fingerprint density at radius 1 is 0.967 bits per heavy atom. The lowest BCUT2D eigenvalue weighted by Gasteiger charge is -2.37. The van der Waals surface area contributed by atoms with Crippen molar-refractivity contribution < 1.29 is 9.59 Å². The summed E-state index contributed by atoms with van der Waals surface area (Å²) in [6, 6.07) is 0.297. The summed E-state index contributed by atoms with van der Waals surface area (Å²) < 4.78 is 0. The molecule has 0 aliphatic carbocycles. The molecule has 9 heteroatoms. The molecular formula is C21H41IN6O2. The van der Waals surface area contributed by atoms with Crippen molar-refractivity contribution in [2.75, 3.05) is 66.5 Å². The molecule has 0 aromatic heterocycles. The monoisotopic (exact) mass is 536 g/mol. The van der Waals surface area contributed by atoms with Crippen molar-refractivity contribution in [1.29, 1.82) is 0 Å². The van der Waals surface area contributed by atoms with E-state index >= 15 is 0 Å². The van der Waals surface area contributed by atoms with Crippen molar-refractivity contribution in [3.63, 3.8) is 0 Å². The molecule has 0 spiro atoms. The SMILES string of the molecule is CCC(C)NC(=NCC(=O)N(C)C)N1CCN(CC(=O)N2CCCCCC2)CC1.I. The summed E-state index contributed by atoms with van der Waals surface area (Å²) in [5.74, 6) is 1.06. The maximum Gasteiger partial charge on any atom is 0.243 e. The molecule has 174 valence electrons. The molecule has 8 nitrogen and oxygen atoms in total. The highest BCUT2D eigenvalue weighted by atomic mass is 127. The predicted molar refractivity (Wildman–Crippen MR) is 132 cm³/mol. The first-order valence-electron chi connectivity index (χ1n) is 11.2. The zero-order valence-corrected chi connectivity index (χ0v) is 21.6. The predicted octanol–water partition coefficient (Wildman–Crippen LogP) is 1.46. The number of likely N-dealkylation sites (N-methyl/N-ethyl adjacent to an activating group) is 1. The van der Waals surface area contributed by atoms with E-state index < -0.39 is 0 Å². The Hall–Kier alpha value is -1.10. The van der Waals surface area contributed by atoms with Gasteiger partial charge in [-0.3, -0.25) is 14.5 Å². The van der Waals surface area contributed by atoms with Gasteiger partial charge < -0.3 is 20.0 Å². The van der Waals surface area contributed by atoms with E-state index in [9.17, 15) is 9.59 Å². The van der Waals surface area contributed by atoms with Gasteiger partial charge in [-0.15, -0.1) is 24.0 Å². The molecular weight excluding hydrogens is 495 g/mol. The fourth-order valence-electron chi connectivity index (χ4n) is 3.57. The van der Waals surface area contributed by atoms with Crippen LogP contribution in [0.3, 0.4) is 0 Å². The molecule has 0 bridgehead atoms. The Kier molecular flexibility index (Phi) is 12.6. The van der Waals surface area contributed by atoms with Crippen LogP contribution in [-0.4, -0.2) is 110 Å². The summed E-state index contributed by atoms with van der Waals surface area (Å²) in [5, 5.41) is 3.46. The number of hydrogen-bond donors (Lipinski definition) is 1. The van der Waals surface area contributed by atoms with Crippen LogP contribution in [0.2, 0.25) is 0 Å². The van der Waals surface area contributed by atoms with Crippen molar-refractivity contribution >= 4 is 41.8 Å². The van der Waals surface area contributed by atoms with Gasteiger partial charge in [0.2, 0.25) is 11.8 Å². The van der Waals surface area contributed by atoms with Crippen molar-refractivity contribution in [2.24, 2.45) is 4.99 Å². The van der Waals surface area contributed by atoms with Gasteiger partial charge in [-0.25, -0.2) is 4.99 Å². The van der Waals surface area contributed by atoms with Gasteiger partial charge in [0.05, 0.1) is 6.54 Å². The normalized spacial score (nSPS) is 19.5. The fraction of sp³-hybridized carbons (Fsp3) is 0.857. The molecule has 2 aliphatic heterocycles. The lowest BCUT2D eigenvalue weighted by molar-refractivity contribution is -0.132. The average molecular weight is 537 g/mol. The number of carbonyl (C=O) groups is 2. The van der Waals surface area contributed by atoms with Crippen molar-refractivity contribution in [3.05, 3.63) is 0 Å². The molecule has 2 fully saturated rings. The second kappa shape index (κ2) is 14.1. The van der Waals surface area contributed by atoms with E-state index in [0.29, 0.717) is 12.6 Å². The minimum absolute atomic E-state index is 0. The first-order chi connectivity index (χ1) is 13.9. The van der Waals surface area contributed by atoms with Gasteiger partial charge in [-0.1, -0.05) is 19.8 Å². The maximum absolute atomic E-state index is 12.7. The van der Waals surface area contributed by atoms with Gasteiger partial charge in [0, 0.05) is 59.4 Å². The number of guanidine groups is 1. The van der Waals surface area contributed by atoms with Crippen LogP contribution in [0.15, 0.2) is 4.99 Å². The Morgan fingerprint density at radius 3 is 2.10 bits per heavy atom. The number of carbonyl (C=O) groups excluding carboxylic acids is 2. The number of nitrogens with one attached hydrogen (secondary N) is 1. The molecule has 0 saturated carbocycles. The Labute approximate surface area is 199 Å². The van der Waals surface area contributed by atoms with Crippen LogP contribution in [0.1, 0.15) is 46.0 Å². The molecule has 2 rings (SSSR count). The summed E-state index contributed by atoms with van der Waals surface area (Å²) in [5.41, 5.74) is 0. The van der Waals surface area contributed by atoms with Crippen LogP contribution in [0.25, 0.3) is 0 Å². The van der Waals surface area contributed by atoms with Gasteiger partial charge in [-0.2, -0.15) is 0 Å². The average Bonchev–Trinajstić information content (AvgIpc) is 3.00. The van der Waals surface area contributed by atoms with E-state index in [-0.39, 0.29) is 42.3 Å². The lowest BCUT2D eigenvalue weighted by atomic mass is 10.2. The van der Waals surface area contributed by atoms with E-state index in [1.165, 1.54) is 12.8 Å². The van der Waals surface area contributed by atoms with E-state index in [1.807, 2.05) is 4.90 Å². The highest BCUT2D eigenvalue weighted by Gasteiger charge is 2.24. The van der Waals surface area contributed by atoms with Crippen LogP contribution in [0.5, 0.6) is 0 Å². The molecule has 30 heavy (non-hydrogen) atoms. The molecule has 1 atom stereocenters. The standard InChI is InChI=1S/C21H40N6O2.HI/c1-5-18(2)23-21(22-16-19(28)24(3)4)27-14-12-25(13-15-27)17-20(29)26-10-8-6-7-9-11-26;/h18H,5-17H2,1-4H3,(H,22,23);1H. The van der Waals surface area contributed by atoms with Crippen molar-refractivity contribution in [2.45, 2.75) is 52.0 Å². The van der Waals surface area contributed by atoms with Crippen LogP contribution in [0, 0.1) is 0 Å². The zero-order chi connectivity index (χ0) is 21.2. The molecule has 0 aromatic rings. The molecule has 2 heterocycles. The first kappa shape index (κ1) is 26.9. The summed E-state index contributed by atoms with van der Waals surface area (Å²) in [6.07, 6.45) is 5.73. The summed E-state index contributed by atoms with van der Waals surface area (Å²) in [7, 11) is 3.50. The summed E-state index contributed by atoms with van der Waals surface area (Å²) in [6.45, 7) is 10.0. The molecule has 0 radical (unpaired) electrons. The van der Waals surface area contributed by atoms with E-state index in [2.05, 4.69) is 34.0 Å². The topological polar surface area (TPSA) is 71.5 Å². The quantitative estimate of drug-likeness (QED) is 0.316. The van der Waals surface area contributed by atoms with Gasteiger partial charge in [0.15, 0.2) is 5.96 Å². The number of rotatable bonds is 6. The fourth-order valence-corrected chi connectivity index (χ4v) is 3.57. The lowest BCUT2D eigenvalue weighted by Crippen LogP contribution is -2.55. The highest BCUT2D eigenvalue weighted by Crippen LogP contribution is 2.11. The van der Waals surface area contributed by atoms with E-state index in [0.717, 1.165) is 64.5 Å². The third-order valence-electron chi connectivity index (χ3n) is 5.84. The first-order valence-corrected chi connectivity index (χ1v) is 11.2. The van der Waals surface area contributed by atoms with Crippen LogP contribution < -0.4 is 5.32 Å². The van der Waals surface area contributed by atoms with Gasteiger partial charge in [-0.05, 0) is 26.2 Å². The largest absolute Gasteiger partial charge is 0.354 e. The summed E-state index contributed by atoms with van der Waals surface area (Å²) >= 11 is 0. The smallest absolute Gasteiger partial charge is 0.243 e. The molecule has 0 aromatic carbocycles. The Balaban J connectivity index is 0.00000450. The Bertz CT molecular complexity index is 556. The van der Waals surface area contributed by atoms with Crippen molar-refractivity contribution in [1.82, 2.24) is 24.9 Å². The van der Waals surface area contributed by atoms with E-state index in [1.54, 1.807) is 19.0 Å². The minimum atomic E-state index is -0.00451. The summed E-state index contributed by atoms with van der Waals surface area (Å²) in [4.78, 5) is 37.2. The van der Waals surface area contributed by atoms with Gasteiger partial charge >= 0.3 is 0 Å². The number of piperazine rings is 1. The van der Waals surface area contributed by atoms with Crippen LogP contribution in [-0.2, 0) is 9.59 Å². The Morgan fingerprint density at radius 2 is 1.57 bits per heavy atom. The molecule has 1 N–H and O–H groups in total. The number of likely N-dealkylation sites (tertiary alicyclic amines) is 1. The number of aliphatic imine (C=N–C) groups is 1. The maximum atomic E-state index is 12.7. The third kappa shape index (κ3) is 8.95. The number of amides is 2. The number of hydrogen-bond acceptors (Lipinski definition) is 4. The molecule has 2 aliphatic rings. The molecule has 2 amide bonds. The number of nitrogens with zero attached hydrogens (tertiary/aromatic N) is 5. The van der Waals surface area contributed by atoms with Crippen LogP contribution in [0.4, 0.5) is 0 Å². The number of halogens is 1. The zero-order valence-electron chi connectivity index (χ0n) is 19.2.